The van der Waals surface area contributed by atoms with Crippen LogP contribution in [0.3, 0.4) is 0 Å². The number of benzene rings is 2. The van der Waals surface area contributed by atoms with Crippen molar-refractivity contribution in [3.05, 3.63) is 88.8 Å². The van der Waals surface area contributed by atoms with E-state index in [0.29, 0.717) is 15.8 Å². The SMILES string of the molecule is CC(C)(C)N(Cc1ccccc1)C(=O)CN1C(=O)C(=CC=Cc2ccccc2)SC1=S. The largest absolute Gasteiger partial charge is 0.332 e. The summed E-state index contributed by atoms with van der Waals surface area (Å²) in [6.45, 7) is 6.40. The van der Waals surface area contributed by atoms with Crippen molar-refractivity contribution in [3.8, 4) is 0 Å². The third kappa shape index (κ3) is 6.15. The summed E-state index contributed by atoms with van der Waals surface area (Å²) >= 11 is 6.63. The van der Waals surface area contributed by atoms with Crippen molar-refractivity contribution in [1.82, 2.24) is 9.80 Å². The lowest BCUT2D eigenvalue weighted by atomic mass is 10.0. The van der Waals surface area contributed by atoms with Crippen LogP contribution in [-0.2, 0) is 16.1 Å². The molecule has 4 nitrogen and oxygen atoms in total. The number of amides is 2. The number of carbonyl (C=O) groups is 2. The first-order valence-corrected chi connectivity index (χ1v) is 11.3. The highest BCUT2D eigenvalue weighted by Gasteiger charge is 2.36. The molecule has 2 aromatic rings. The van der Waals surface area contributed by atoms with Crippen LogP contribution in [0.2, 0.25) is 0 Å². The number of allylic oxidation sites excluding steroid dienone is 2. The maximum Gasteiger partial charge on any atom is 0.266 e. The second kappa shape index (κ2) is 10.1. The molecular formula is C25H26N2O2S2. The van der Waals surface area contributed by atoms with E-state index in [0.717, 1.165) is 11.1 Å². The van der Waals surface area contributed by atoms with Crippen molar-refractivity contribution >= 4 is 46.2 Å². The molecular weight excluding hydrogens is 424 g/mol. The molecule has 31 heavy (non-hydrogen) atoms. The molecule has 1 aliphatic rings. The van der Waals surface area contributed by atoms with E-state index < -0.39 is 0 Å². The maximum absolute atomic E-state index is 13.2. The standard InChI is InChI=1S/C25H26N2O2S2/c1-25(2,3)27(17-20-13-8-5-9-14-20)22(28)18-26-23(29)21(31-24(26)30)16-10-15-19-11-6-4-7-12-19/h4-16H,17-18H2,1-3H3. The van der Waals surface area contributed by atoms with Gasteiger partial charge in [-0.15, -0.1) is 0 Å². The third-order valence-electron chi connectivity index (χ3n) is 4.80. The fourth-order valence-corrected chi connectivity index (χ4v) is 4.35. The van der Waals surface area contributed by atoms with Gasteiger partial charge in [0.25, 0.3) is 5.91 Å². The Morgan fingerprint density at radius 2 is 1.68 bits per heavy atom. The molecule has 1 aliphatic heterocycles. The second-order valence-electron chi connectivity index (χ2n) is 8.20. The molecule has 1 heterocycles. The molecule has 2 amide bonds. The first-order chi connectivity index (χ1) is 14.8. The van der Waals surface area contributed by atoms with Crippen molar-refractivity contribution in [2.75, 3.05) is 6.54 Å². The van der Waals surface area contributed by atoms with Crippen molar-refractivity contribution in [3.63, 3.8) is 0 Å². The molecule has 0 aliphatic carbocycles. The monoisotopic (exact) mass is 450 g/mol. The maximum atomic E-state index is 13.2. The number of carbonyl (C=O) groups excluding carboxylic acids is 2. The topological polar surface area (TPSA) is 40.6 Å². The summed E-state index contributed by atoms with van der Waals surface area (Å²) in [5, 5.41) is 0. The average molecular weight is 451 g/mol. The van der Waals surface area contributed by atoms with Crippen LogP contribution >= 0.6 is 24.0 Å². The highest BCUT2D eigenvalue weighted by atomic mass is 32.2. The molecule has 1 fully saturated rings. The zero-order valence-corrected chi connectivity index (χ0v) is 19.6. The summed E-state index contributed by atoms with van der Waals surface area (Å²) in [7, 11) is 0. The van der Waals surface area contributed by atoms with Crippen molar-refractivity contribution in [1.29, 1.82) is 0 Å². The van der Waals surface area contributed by atoms with Crippen molar-refractivity contribution < 1.29 is 9.59 Å². The van der Waals surface area contributed by atoms with E-state index in [1.807, 2.05) is 93.6 Å². The molecule has 0 atom stereocenters. The smallest absolute Gasteiger partial charge is 0.266 e. The van der Waals surface area contributed by atoms with Crippen LogP contribution in [0, 0.1) is 0 Å². The molecule has 0 saturated carbocycles. The van der Waals surface area contributed by atoms with E-state index in [9.17, 15) is 9.59 Å². The summed E-state index contributed by atoms with van der Waals surface area (Å²) in [6.07, 6.45) is 5.52. The number of hydrogen-bond acceptors (Lipinski definition) is 4. The molecule has 0 radical (unpaired) electrons. The highest BCUT2D eigenvalue weighted by molar-refractivity contribution is 8.26. The quantitative estimate of drug-likeness (QED) is 0.444. The summed E-state index contributed by atoms with van der Waals surface area (Å²) in [4.78, 5) is 29.8. The number of nitrogens with zero attached hydrogens (tertiary/aromatic N) is 2. The summed E-state index contributed by atoms with van der Waals surface area (Å²) < 4.78 is 0.409. The molecule has 6 heteroatoms. The Balaban J connectivity index is 1.70. The van der Waals surface area contributed by atoms with Crippen LogP contribution in [0.1, 0.15) is 31.9 Å². The minimum atomic E-state index is -0.387. The third-order valence-corrected chi connectivity index (χ3v) is 6.19. The number of thiocarbonyl (C=S) groups is 1. The zero-order chi connectivity index (χ0) is 22.4. The predicted molar refractivity (Wildman–Crippen MR) is 132 cm³/mol. The molecule has 2 aromatic carbocycles. The second-order valence-corrected chi connectivity index (χ2v) is 9.87. The van der Waals surface area contributed by atoms with Crippen LogP contribution in [0.15, 0.2) is 77.7 Å². The Morgan fingerprint density at radius 3 is 2.29 bits per heavy atom. The molecule has 3 rings (SSSR count). The van der Waals surface area contributed by atoms with Gasteiger partial charge in [0.2, 0.25) is 5.91 Å². The van der Waals surface area contributed by atoms with Gasteiger partial charge in [-0.1, -0.05) is 96.8 Å². The van der Waals surface area contributed by atoms with Gasteiger partial charge in [0.05, 0.1) is 4.91 Å². The minimum absolute atomic E-state index is 0.0610. The lowest BCUT2D eigenvalue weighted by Crippen LogP contribution is -2.49. The van der Waals surface area contributed by atoms with Crippen LogP contribution < -0.4 is 0 Å². The van der Waals surface area contributed by atoms with E-state index in [1.54, 1.807) is 11.0 Å². The first-order valence-electron chi connectivity index (χ1n) is 10.1. The van der Waals surface area contributed by atoms with Gasteiger partial charge < -0.3 is 4.90 Å². The predicted octanol–water partition coefficient (Wildman–Crippen LogP) is 5.27. The van der Waals surface area contributed by atoms with Gasteiger partial charge >= 0.3 is 0 Å². The summed E-state index contributed by atoms with van der Waals surface area (Å²) in [5.41, 5.74) is 1.70. The Labute approximate surface area is 193 Å². The molecule has 0 aromatic heterocycles. The van der Waals surface area contributed by atoms with Gasteiger partial charge in [-0.2, -0.15) is 0 Å². The Morgan fingerprint density at radius 1 is 1.06 bits per heavy atom. The first kappa shape index (κ1) is 23.0. The average Bonchev–Trinajstić information content (AvgIpc) is 3.00. The van der Waals surface area contributed by atoms with Crippen LogP contribution in [0.25, 0.3) is 6.08 Å². The van der Waals surface area contributed by atoms with E-state index >= 15 is 0 Å². The van der Waals surface area contributed by atoms with Crippen molar-refractivity contribution in [2.24, 2.45) is 0 Å². The van der Waals surface area contributed by atoms with Gasteiger partial charge in [0.1, 0.15) is 10.9 Å². The van der Waals surface area contributed by atoms with Gasteiger partial charge in [-0.05, 0) is 38.0 Å². The van der Waals surface area contributed by atoms with Crippen LogP contribution in [-0.4, -0.2) is 38.0 Å². The van der Waals surface area contributed by atoms with Crippen LogP contribution in [0.5, 0.6) is 0 Å². The minimum Gasteiger partial charge on any atom is -0.332 e. The normalized spacial score (nSPS) is 15.8. The molecule has 0 N–H and O–H groups in total. The van der Waals surface area contributed by atoms with E-state index in [2.05, 4.69) is 0 Å². The van der Waals surface area contributed by atoms with Crippen LogP contribution in [0.4, 0.5) is 0 Å². The lowest BCUT2D eigenvalue weighted by molar-refractivity contribution is -0.140. The van der Waals surface area contributed by atoms with E-state index in [1.165, 1.54) is 16.7 Å². The molecule has 0 unspecified atom stereocenters. The fourth-order valence-electron chi connectivity index (χ4n) is 3.15. The molecule has 160 valence electrons. The van der Waals surface area contributed by atoms with Crippen molar-refractivity contribution in [2.45, 2.75) is 32.9 Å². The number of hydrogen-bond donors (Lipinski definition) is 0. The van der Waals surface area contributed by atoms with Gasteiger partial charge in [-0.25, -0.2) is 0 Å². The molecule has 0 bridgehead atoms. The van der Waals surface area contributed by atoms with Gasteiger partial charge in [0.15, 0.2) is 0 Å². The summed E-state index contributed by atoms with van der Waals surface area (Å²) in [5.74, 6) is -0.358. The van der Waals surface area contributed by atoms with E-state index in [4.69, 9.17) is 12.2 Å². The lowest BCUT2D eigenvalue weighted by Gasteiger charge is -2.36. The van der Waals surface area contributed by atoms with E-state index in [-0.39, 0.29) is 23.9 Å². The Hall–Kier alpha value is -2.70. The zero-order valence-electron chi connectivity index (χ0n) is 17.9. The Bertz CT molecular complexity index is 1010. The highest BCUT2D eigenvalue weighted by Crippen LogP contribution is 2.31. The summed E-state index contributed by atoms with van der Waals surface area (Å²) in [6, 6.07) is 19.7. The van der Waals surface area contributed by atoms with Gasteiger partial charge in [-0.3, -0.25) is 14.5 Å². The number of rotatable bonds is 6. The molecule has 0 spiro atoms. The number of thioether (sulfide) groups is 1. The van der Waals surface area contributed by atoms with Gasteiger partial charge in [0, 0.05) is 12.1 Å². The Kier molecular flexibility index (Phi) is 7.46. The molecule has 1 saturated heterocycles. The fraction of sp³-hybridized carbons (Fsp3) is 0.240.